The molecule has 1 unspecified atom stereocenters. The van der Waals surface area contributed by atoms with E-state index in [1.54, 1.807) is 0 Å². The zero-order chi connectivity index (χ0) is 13.8. The van der Waals surface area contributed by atoms with Crippen LogP contribution in [0.3, 0.4) is 0 Å². The van der Waals surface area contributed by atoms with Crippen molar-refractivity contribution in [3.05, 3.63) is 34.4 Å². The fourth-order valence-electron chi connectivity index (χ4n) is 3.29. The molecule has 1 atom stereocenters. The maximum absolute atomic E-state index is 5.98. The summed E-state index contributed by atoms with van der Waals surface area (Å²) in [5, 5.41) is 3.66. The maximum Gasteiger partial charge on any atom is 0.0449 e. The Kier molecular flexibility index (Phi) is 5.00. The predicted molar refractivity (Wildman–Crippen MR) is 82.4 cm³/mol. The van der Waals surface area contributed by atoms with E-state index in [1.807, 2.05) is 0 Å². The fraction of sp³-hybridized carbons (Fsp3) is 0.647. The van der Waals surface area contributed by atoms with Gasteiger partial charge in [0.05, 0.1) is 0 Å². The van der Waals surface area contributed by atoms with Crippen molar-refractivity contribution in [2.24, 2.45) is 11.7 Å². The molecule has 0 amide bonds. The molecule has 0 saturated heterocycles. The number of nitrogens with one attached hydrogen (secondary N) is 1. The lowest BCUT2D eigenvalue weighted by molar-refractivity contribution is 0.287. The van der Waals surface area contributed by atoms with E-state index < -0.39 is 0 Å². The van der Waals surface area contributed by atoms with E-state index in [4.69, 9.17) is 5.73 Å². The smallest absolute Gasteiger partial charge is 0.0449 e. The molecule has 1 aliphatic rings. The van der Waals surface area contributed by atoms with Crippen molar-refractivity contribution in [1.82, 2.24) is 5.32 Å². The Morgan fingerprint density at radius 2 is 1.84 bits per heavy atom. The molecule has 0 heterocycles. The lowest BCUT2D eigenvalue weighted by Crippen LogP contribution is -2.31. The van der Waals surface area contributed by atoms with Gasteiger partial charge in [-0.1, -0.05) is 37.0 Å². The van der Waals surface area contributed by atoms with E-state index >= 15 is 0 Å². The minimum Gasteiger partial charge on any atom is -0.329 e. The molecule has 1 fully saturated rings. The summed E-state index contributed by atoms with van der Waals surface area (Å²) < 4.78 is 0. The van der Waals surface area contributed by atoms with Crippen LogP contribution in [0.1, 0.15) is 54.0 Å². The third kappa shape index (κ3) is 3.58. The molecule has 19 heavy (non-hydrogen) atoms. The molecule has 0 aliphatic heterocycles. The molecular formula is C17H28N2. The van der Waals surface area contributed by atoms with Crippen molar-refractivity contribution in [2.45, 2.75) is 52.5 Å². The number of rotatable bonds is 6. The van der Waals surface area contributed by atoms with Crippen molar-refractivity contribution in [3.8, 4) is 0 Å². The summed E-state index contributed by atoms with van der Waals surface area (Å²) >= 11 is 0. The van der Waals surface area contributed by atoms with Crippen molar-refractivity contribution in [1.29, 1.82) is 0 Å². The van der Waals surface area contributed by atoms with Crippen LogP contribution in [0.25, 0.3) is 0 Å². The van der Waals surface area contributed by atoms with Crippen LogP contribution in [0.2, 0.25) is 0 Å². The van der Waals surface area contributed by atoms with Crippen LogP contribution in [-0.2, 0) is 0 Å². The number of aryl methyl sites for hydroxylation is 3. The first-order chi connectivity index (χ1) is 9.11. The molecule has 2 nitrogen and oxygen atoms in total. The van der Waals surface area contributed by atoms with Gasteiger partial charge in [0.25, 0.3) is 0 Å². The van der Waals surface area contributed by atoms with Gasteiger partial charge in [0.2, 0.25) is 0 Å². The molecular weight excluding hydrogens is 232 g/mol. The van der Waals surface area contributed by atoms with Crippen LogP contribution in [-0.4, -0.2) is 13.1 Å². The summed E-state index contributed by atoms with van der Waals surface area (Å²) in [5.74, 6) is 0.964. The van der Waals surface area contributed by atoms with Gasteiger partial charge in [-0.05, 0) is 56.3 Å². The number of benzene rings is 1. The first-order valence-corrected chi connectivity index (χ1v) is 7.63. The minimum absolute atomic E-state index is 0.306. The average molecular weight is 260 g/mol. The van der Waals surface area contributed by atoms with Crippen LogP contribution in [0.4, 0.5) is 0 Å². The van der Waals surface area contributed by atoms with Gasteiger partial charge in [0.15, 0.2) is 0 Å². The zero-order valence-electron chi connectivity index (χ0n) is 12.6. The predicted octanol–water partition coefficient (Wildman–Crippen LogP) is 3.39. The fourth-order valence-corrected chi connectivity index (χ4v) is 3.29. The molecule has 1 aromatic rings. The Bertz CT molecular complexity index is 398. The summed E-state index contributed by atoms with van der Waals surface area (Å²) in [6.07, 6.45) is 5.59. The Hall–Kier alpha value is -0.860. The molecule has 106 valence electrons. The summed E-state index contributed by atoms with van der Waals surface area (Å²) in [5.41, 5.74) is 11.5. The second-order valence-electron chi connectivity index (χ2n) is 6.14. The van der Waals surface area contributed by atoms with E-state index in [0.717, 1.165) is 12.5 Å². The van der Waals surface area contributed by atoms with Crippen LogP contribution < -0.4 is 11.1 Å². The van der Waals surface area contributed by atoms with Crippen molar-refractivity contribution < 1.29 is 0 Å². The number of nitrogens with two attached hydrogens (primary N) is 1. The maximum atomic E-state index is 5.98. The first kappa shape index (κ1) is 14.5. The molecule has 1 saturated carbocycles. The average Bonchev–Trinajstić information content (AvgIpc) is 2.28. The van der Waals surface area contributed by atoms with Gasteiger partial charge < -0.3 is 11.1 Å². The lowest BCUT2D eigenvalue weighted by atomic mass is 9.83. The van der Waals surface area contributed by atoms with E-state index in [-0.39, 0.29) is 0 Å². The highest BCUT2D eigenvalue weighted by molar-refractivity contribution is 5.39. The largest absolute Gasteiger partial charge is 0.329 e. The molecule has 3 N–H and O–H groups in total. The topological polar surface area (TPSA) is 38.0 Å². The molecule has 0 radical (unpaired) electrons. The monoisotopic (exact) mass is 260 g/mol. The van der Waals surface area contributed by atoms with Crippen molar-refractivity contribution >= 4 is 0 Å². The highest BCUT2D eigenvalue weighted by atomic mass is 14.9. The standard InChI is InChI=1S/C17H28N2/c1-12-9-13(2)17(14(3)10-12)16(11-18)19-8-7-15-5-4-6-15/h9-10,15-16,19H,4-8,11,18H2,1-3H3. The molecule has 0 aromatic heterocycles. The van der Waals surface area contributed by atoms with E-state index in [2.05, 4.69) is 38.2 Å². The van der Waals surface area contributed by atoms with E-state index in [0.29, 0.717) is 12.6 Å². The van der Waals surface area contributed by atoms with Gasteiger partial charge in [-0.25, -0.2) is 0 Å². The Labute approximate surface area is 117 Å². The molecule has 1 aromatic carbocycles. The van der Waals surface area contributed by atoms with Crippen LogP contribution >= 0.6 is 0 Å². The van der Waals surface area contributed by atoms with E-state index in [1.165, 1.54) is 47.9 Å². The van der Waals surface area contributed by atoms with Gasteiger partial charge in [0, 0.05) is 12.6 Å². The van der Waals surface area contributed by atoms with E-state index in [9.17, 15) is 0 Å². The Morgan fingerprint density at radius 3 is 2.32 bits per heavy atom. The minimum atomic E-state index is 0.306. The van der Waals surface area contributed by atoms with Crippen LogP contribution in [0, 0.1) is 26.7 Å². The van der Waals surface area contributed by atoms with Gasteiger partial charge >= 0.3 is 0 Å². The summed E-state index contributed by atoms with van der Waals surface area (Å²) in [7, 11) is 0. The van der Waals surface area contributed by atoms with Crippen LogP contribution in [0.5, 0.6) is 0 Å². The molecule has 0 bridgehead atoms. The second kappa shape index (κ2) is 6.53. The van der Waals surface area contributed by atoms with Crippen molar-refractivity contribution in [2.75, 3.05) is 13.1 Å². The Morgan fingerprint density at radius 1 is 1.21 bits per heavy atom. The number of hydrogen-bond acceptors (Lipinski definition) is 2. The summed E-state index contributed by atoms with van der Waals surface area (Å²) in [6, 6.07) is 4.83. The lowest BCUT2D eigenvalue weighted by Gasteiger charge is -2.27. The van der Waals surface area contributed by atoms with Crippen LogP contribution in [0.15, 0.2) is 12.1 Å². The SMILES string of the molecule is Cc1cc(C)c(C(CN)NCCC2CCC2)c(C)c1. The van der Waals surface area contributed by atoms with Gasteiger partial charge in [0.1, 0.15) is 0 Å². The van der Waals surface area contributed by atoms with Gasteiger partial charge in [-0.2, -0.15) is 0 Å². The highest BCUT2D eigenvalue weighted by Gasteiger charge is 2.19. The van der Waals surface area contributed by atoms with Gasteiger partial charge in [-0.15, -0.1) is 0 Å². The van der Waals surface area contributed by atoms with Gasteiger partial charge in [-0.3, -0.25) is 0 Å². The quantitative estimate of drug-likeness (QED) is 0.823. The molecule has 1 aliphatic carbocycles. The second-order valence-corrected chi connectivity index (χ2v) is 6.14. The zero-order valence-corrected chi connectivity index (χ0v) is 12.6. The molecule has 2 rings (SSSR count). The molecule has 0 spiro atoms. The van der Waals surface area contributed by atoms with Crippen molar-refractivity contribution in [3.63, 3.8) is 0 Å². The molecule has 2 heteroatoms. The highest BCUT2D eigenvalue weighted by Crippen LogP contribution is 2.29. The summed E-state index contributed by atoms with van der Waals surface area (Å²) in [4.78, 5) is 0. The first-order valence-electron chi connectivity index (χ1n) is 7.63. The number of hydrogen-bond donors (Lipinski definition) is 2. The third-order valence-corrected chi connectivity index (χ3v) is 4.49. The third-order valence-electron chi connectivity index (χ3n) is 4.49. The normalized spacial score (nSPS) is 17.3. The Balaban J connectivity index is 1.99. The summed E-state index contributed by atoms with van der Waals surface area (Å²) in [6.45, 7) is 8.33.